The predicted molar refractivity (Wildman–Crippen MR) is 116 cm³/mol. The molecule has 0 unspecified atom stereocenters. The summed E-state index contributed by atoms with van der Waals surface area (Å²) in [6.07, 6.45) is 0. The van der Waals surface area contributed by atoms with Crippen molar-refractivity contribution in [1.82, 2.24) is 0 Å². The smallest absolute Gasteiger partial charge is 0.262 e. The van der Waals surface area contributed by atoms with Gasteiger partial charge >= 0.3 is 0 Å². The van der Waals surface area contributed by atoms with Crippen molar-refractivity contribution >= 4 is 23.2 Å². The largest absolute Gasteiger partial charge is 0.484 e. The lowest BCUT2D eigenvalue weighted by molar-refractivity contribution is -0.118. The van der Waals surface area contributed by atoms with Gasteiger partial charge in [0.15, 0.2) is 6.61 Å². The fourth-order valence-electron chi connectivity index (χ4n) is 2.83. The third-order valence-corrected chi connectivity index (χ3v) is 4.45. The van der Waals surface area contributed by atoms with E-state index in [9.17, 15) is 9.59 Å². The van der Waals surface area contributed by atoms with Gasteiger partial charge in [-0.05, 0) is 68.8 Å². The number of carbonyl (C=O) groups excluding carboxylic acids is 2. The van der Waals surface area contributed by atoms with Crippen LogP contribution < -0.4 is 15.4 Å². The van der Waals surface area contributed by atoms with Gasteiger partial charge in [-0.25, -0.2) is 0 Å². The van der Waals surface area contributed by atoms with Crippen molar-refractivity contribution in [1.29, 1.82) is 0 Å². The van der Waals surface area contributed by atoms with E-state index in [2.05, 4.69) is 10.6 Å². The van der Waals surface area contributed by atoms with Gasteiger partial charge in [-0.2, -0.15) is 0 Å². The average molecular weight is 388 g/mol. The lowest BCUT2D eigenvalue weighted by atomic mass is 10.1. The fourth-order valence-corrected chi connectivity index (χ4v) is 2.83. The summed E-state index contributed by atoms with van der Waals surface area (Å²) >= 11 is 0. The maximum atomic E-state index is 12.3. The lowest BCUT2D eigenvalue weighted by Gasteiger charge is -2.11. The van der Waals surface area contributed by atoms with Crippen LogP contribution in [-0.2, 0) is 4.79 Å². The standard InChI is InChI=1S/C24H24N2O3/c1-16-4-9-20(10-5-16)25-24(28)19-7-11-21(12-8-19)29-15-23(27)26-22-13-6-17(2)14-18(22)3/h4-14H,15H2,1-3H3,(H,25,28)(H,26,27). The van der Waals surface area contributed by atoms with E-state index in [0.29, 0.717) is 11.3 Å². The Kier molecular flexibility index (Phi) is 6.29. The van der Waals surface area contributed by atoms with Crippen molar-refractivity contribution in [3.8, 4) is 5.75 Å². The first-order chi connectivity index (χ1) is 13.9. The van der Waals surface area contributed by atoms with Gasteiger partial charge < -0.3 is 15.4 Å². The Balaban J connectivity index is 1.52. The van der Waals surface area contributed by atoms with Gasteiger partial charge in [0, 0.05) is 16.9 Å². The molecule has 0 aromatic heterocycles. The van der Waals surface area contributed by atoms with Crippen LogP contribution in [0, 0.1) is 20.8 Å². The molecule has 29 heavy (non-hydrogen) atoms. The molecule has 2 amide bonds. The van der Waals surface area contributed by atoms with Crippen LogP contribution in [0.5, 0.6) is 5.75 Å². The first-order valence-electron chi connectivity index (χ1n) is 9.39. The van der Waals surface area contributed by atoms with E-state index in [4.69, 9.17) is 4.74 Å². The van der Waals surface area contributed by atoms with E-state index in [1.54, 1.807) is 24.3 Å². The number of carbonyl (C=O) groups is 2. The maximum absolute atomic E-state index is 12.3. The molecule has 0 heterocycles. The number of hydrogen-bond donors (Lipinski definition) is 2. The summed E-state index contributed by atoms with van der Waals surface area (Å²) in [4.78, 5) is 24.4. The SMILES string of the molecule is Cc1ccc(NC(=O)c2ccc(OCC(=O)Nc3ccc(C)cc3C)cc2)cc1. The van der Waals surface area contributed by atoms with Crippen LogP contribution >= 0.6 is 0 Å². The fraction of sp³-hybridized carbons (Fsp3) is 0.167. The van der Waals surface area contributed by atoms with Gasteiger partial charge in [0.25, 0.3) is 11.8 Å². The summed E-state index contributed by atoms with van der Waals surface area (Å²) in [5.74, 6) is 0.0822. The van der Waals surface area contributed by atoms with Crippen LogP contribution in [-0.4, -0.2) is 18.4 Å². The molecule has 0 saturated heterocycles. The van der Waals surface area contributed by atoms with E-state index in [0.717, 1.165) is 28.1 Å². The quantitative estimate of drug-likeness (QED) is 0.632. The molecular weight excluding hydrogens is 364 g/mol. The number of anilines is 2. The third-order valence-electron chi connectivity index (χ3n) is 4.45. The second-order valence-corrected chi connectivity index (χ2v) is 7.00. The molecule has 0 saturated carbocycles. The first kappa shape index (κ1) is 20.1. The van der Waals surface area contributed by atoms with Crippen molar-refractivity contribution in [3.63, 3.8) is 0 Å². The number of benzene rings is 3. The molecular formula is C24H24N2O3. The monoisotopic (exact) mass is 388 g/mol. The van der Waals surface area contributed by atoms with Crippen molar-refractivity contribution in [2.75, 3.05) is 17.2 Å². The molecule has 0 spiro atoms. The molecule has 148 valence electrons. The molecule has 3 rings (SSSR count). The number of nitrogens with one attached hydrogen (secondary N) is 2. The molecule has 0 aliphatic heterocycles. The number of hydrogen-bond acceptors (Lipinski definition) is 3. The van der Waals surface area contributed by atoms with Crippen LogP contribution in [0.3, 0.4) is 0 Å². The molecule has 0 aliphatic rings. The van der Waals surface area contributed by atoms with E-state index in [1.165, 1.54) is 0 Å². The number of ether oxygens (including phenoxy) is 1. The summed E-state index contributed by atoms with van der Waals surface area (Å²) in [6.45, 7) is 5.84. The van der Waals surface area contributed by atoms with Crippen LogP contribution in [0.15, 0.2) is 66.7 Å². The average Bonchev–Trinajstić information content (AvgIpc) is 2.70. The molecule has 0 atom stereocenters. The topological polar surface area (TPSA) is 67.4 Å². The summed E-state index contributed by atoms with van der Waals surface area (Å²) in [6, 6.07) is 20.1. The zero-order valence-electron chi connectivity index (χ0n) is 16.8. The maximum Gasteiger partial charge on any atom is 0.262 e. The minimum atomic E-state index is -0.238. The Morgan fingerprint density at radius 3 is 2.10 bits per heavy atom. The molecule has 2 N–H and O–H groups in total. The summed E-state index contributed by atoms with van der Waals surface area (Å²) in [5, 5.41) is 5.69. The summed E-state index contributed by atoms with van der Waals surface area (Å²) in [7, 11) is 0. The second-order valence-electron chi connectivity index (χ2n) is 7.00. The third kappa shape index (κ3) is 5.69. The Bertz CT molecular complexity index is 1010. The lowest BCUT2D eigenvalue weighted by Crippen LogP contribution is -2.20. The van der Waals surface area contributed by atoms with Crippen molar-refractivity contribution in [2.24, 2.45) is 0 Å². The zero-order chi connectivity index (χ0) is 20.8. The van der Waals surface area contributed by atoms with Crippen LogP contribution in [0.25, 0.3) is 0 Å². The molecule has 0 bridgehead atoms. The molecule has 5 heteroatoms. The highest BCUT2D eigenvalue weighted by atomic mass is 16.5. The zero-order valence-corrected chi connectivity index (χ0v) is 16.8. The van der Waals surface area contributed by atoms with Gasteiger partial charge in [-0.15, -0.1) is 0 Å². The van der Waals surface area contributed by atoms with Crippen LogP contribution in [0.2, 0.25) is 0 Å². The normalized spacial score (nSPS) is 10.3. The van der Waals surface area contributed by atoms with Crippen molar-refractivity contribution in [2.45, 2.75) is 20.8 Å². The van der Waals surface area contributed by atoms with E-state index < -0.39 is 0 Å². The van der Waals surface area contributed by atoms with Crippen molar-refractivity contribution < 1.29 is 14.3 Å². The summed E-state index contributed by atoms with van der Waals surface area (Å²) < 4.78 is 5.53. The van der Waals surface area contributed by atoms with Gasteiger partial charge in [-0.1, -0.05) is 35.4 Å². The predicted octanol–water partition coefficient (Wildman–Crippen LogP) is 4.88. The Morgan fingerprint density at radius 1 is 0.793 bits per heavy atom. The number of aryl methyl sites for hydroxylation is 3. The van der Waals surface area contributed by atoms with Gasteiger partial charge in [-0.3, -0.25) is 9.59 Å². The highest BCUT2D eigenvalue weighted by Crippen LogP contribution is 2.17. The molecule has 3 aromatic rings. The van der Waals surface area contributed by atoms with Gasteiger partial charge in [0.1, 0.15) is 5.75 Å². The number of amides is 2. The van der Waals surface area contributed by atoms with Crippen LogP contribution in [0.1, 0.15) is 27.0 Å². The molecule has 3 aromatic carbocycles. The highest BCUT2D eigenvalue weighted by Gasteiger charge is 2.08. The highest BCUT2D eigenvalue weighted by molar-refractivity contribution is 6.04. The van der Waals surface area contributed by atoms with Crippen molar-refractivity contribution in [3.05, 3.63) is 89.0 Å². The Hall–Kier alpha value is -3.60. The molecule has 0 aliphatic carbocycles. The Morgan fingerprint density at radius 2 is 1.45 bits per heavy atom. The minimum Gasteiger partial charge on any atom is -0.484 e. The van der Waals surface area contributed by atoms with Gasteiger partial charge in [0.2, 0.25) is 0 Å². The molecule has 5 nitrogen and oxygen atoms in total. The van der Waals surface area contributed by atoms with Crippen LogP contribution in [0.4, 0.5) is 11.4 Å². The Labute approximate surface area is 170 Å². The minimum absolute atomic E-state index is 0.109. The molecule has 0 fully saturated rings. The first-order valence-corrected chi connectivity index (χ1v) is 9.39. The number of rotatable bonds is 6. The second kappa shape index (κ2) is 9.06. The summed E-state index contributed by atoms with van der Waals surface area (Å²) in [5.41, 5.74) is 5.30. The van der Waals surface area contributed by atoms with E-state index in [1.807, 2.05) is 63.2 Å². The van der Waals surface area contributed by atoms with Gasteiger partial charge in [0.05, 0.1) is 0 Å². The van der Waals surface area contributed by atoms with E-state index in [-0.39, 0.29) is 18.4 Å². The molecule has 0 radical (unpaired) electrons. The van der Waals surface area contributed by atoms with E-state index >= 15 is 0 Å².